The van der Waals surface area contributed by atoms with Gasteiger partial charge in [-0.15, -0.1) is 0 Å². The summed E-state index contributed by atoms with van der Waals surface area (Å²) >= 11 is 0. The highest BCUT2D eigenvalue weighted by molar-refractivity contribution is 5.13. The highest BCUT2D eigenvalue weighted by atomic mass is 16.5. The number of hydrogen-bond donors (Lipinski definition) is 0. The summed E-state index contributed by atoms with van der Waals surface area (Å²) < 4.78 is 5.83. The molecule has 0 aromatic carbocycles. The molecule has 2 saturated heterocycles. The molecular weight excluding hydrogens is 312 g/mol. The standard InChI is InChI=1S/C20H34N4O/c1-15(2)20-21-11-18(12-22-20)17-5-7-23(8-6-17)9-10-24-13-19(14-24)25-16(3)4/h11-12,15-17,19H,5-10,13-14H2,1-4H3. The second-order valence-electron chi connectivity index (χ2n) is 8.21. The van der Waals surface area contributed by atoms with E-state index < -0.39 is 0 Å². The number of likely N-dealkylation sites (tertiary alicyclic amines) is 2. The SMILES string of the molecule is CC(C)OC1CN(CCN2CCC(c3cnc(C(C)C)nc3)CC2)C1. The normalized spacial score (nSPS) is 21.2. The molecule has 0 unspecified atom stereocenters. The summed E-state index contributed by atoms with van der Waals surface area (Å²) in [4.78, 5) is 14.2. The monoisotopic (exact) mass is 346 g/mol. The fourth-order valence-corrected chi connectivity index (χ4v) is 3.81. The quantitative estimate of drug-likeness (QED) is 0.759. The zero-order chi connectivity index (χ0) is 17.8. The van der Waals surface area contributed by atoms with Gasteiger partial charge < -0.3 is 9.64 Å². The zero-order valence-corrected chi connectivity index (χ0v) is 16.3. The molecule has 140 valence electrons. The Labute approximate surface area is 152 Å². The molecule has 0 bridgehead atoms. The lowest BCUT2D eigenvalue weighted by molar-refractivity contribution is -0.0821. The van der Waals surface area contributed by atoms with Crippen molar-refractivity contribution in [1.29, 1.82) is 0 Å². The molecule has 0 aliphatic carbocycles. The van der Waals surface area contributed by atoms with Gasteiger partial charge in [-0.25, -0.2) is 9.97 Å². The highest BCUT2D eigenvalue weighted by Crippen LogP contribution is 2.27. The molecule has 25 heavy (non-hydrogen) atoms. The molecule has 5 heteroatoms. The Morgan fingerprint density at radius 2 is 1.60 bits per heavy atom. The van der Waals surface area contributed by atoms with E-state index in [0.717, 1.165) is 18.9 Å². The van der Waals surface area contributed by atoms with Crippen molar-refractivity contribution in [2.45, 2.75) is 64.6 Å². The number of rotatable bonds is 7. The van der Waals surface area contributed by atoms with Crippen LogP contribution in [-0.2, 0) is 4.74 Å². The van der Waals surface area contributed by atoms with Crippen molar-refractivity contribution in [2.75, 3.05) is 39.3 Å². The smallest absolute Gasteiger partial charge is 0.130 e. The lowest BCUT2D eigenvalue weighted by Crippen LogP contribution is -2.55. The van der Waals surface area contributed by atoms with E-state index in [2.05, 4.69) is 59.9 Å². The van der Waals surface area contributed by atoms with Crippen molar-refractivity contribution in [2.24, 2.45) is 0 Å². The first-order chi connectivity index (χ1) is 12.0. The summed E-state index contributed by atoms with van der Waals surface area (Å²) in [5, 5.41) is 0. The first-order valence-electron chi connectivity index (χ1n) is 9.93. The predicted molar refractivity (Wildman–Crippen MR) is 101 cm³/mol. The lowest BCUT2D eigenvalue weighted by atomic mass is 9.91. The van der Waals surface area contributed by atoms with E-state index >= 15 is 0 Å². The van der Waals surface area contributed by atoms with Gasteiger partial charge in [-0.2, -0.15) is 0 Å². The van der Waals surface area contributed by atoms with Gasteiger partial charge in [-0.3, -0.25) is 4.90 Å². The molecule has 1 aromatic rings. The van der Waals surface area contributed by atoms with Crippen LogP contribution in [-0.4, -0.2) is 71.2 Å². The fraction of sp³-hybridized carbons (Fsp3) is 0.800. The van der Waals surface area contributed by atoms with Crippen LogP contribution in [0.3, 0.4) is 0 Å². The number of aromatic nitrogens is 2. The van der Waals surface area contributed by atoms with E-state index in [1.54, 1.807) is 0 Å². The molecule has 3 heterocycles. The van der Waals surface area contributed by atoms with Crippen LogP contribution in [0.2, 0.25) is 0 Å². The Hall–Kier alpha value is -1.04. The molecule has 2 fully saturated rings. The van der Waals surface area contributed by atoms with Crippen molar-refractivity contribution in [1.82, 2.24) is 19.8 Å². The van der Waals surface area contributed by atoms with Crippen LogP contribution in [0.15, 0.2) is 12.4 Å². The second-order valence-corrected chi connectivity index (χ2v) is 8.21. The number of nitrogens with zero attached hydrogens (tertiary/aromatic N) is 4. The van der Waals surface area contributed by atoms with E-state index in [1.165, 1.54) is 44.6 Å². The first kappa shape index (κ1) is 18.7. The van der Waals surface area contributed by atoms with Crippen LogP contribution in [0.4, 0.5) is 0 Å². The molecule has 5 nitrogen and oxygen atoms in total. The molecule has 2 aliphatic rings. The first-order valence-corrected chi connectivity index (χ1v) is 9.93. The van der Waals surface area contributed by atoms with E-state index in [-0.39, 0.29) is 0 Å². The maximum absolute atomic E-state index is 5.83. The number of hydrogen-bond acceptors (Lipinski definition) is 5. The molecular formula is C20H34N4O. The molecule has 3 rings (SSSR count). The third-order valence-corrected chi connectivity index (χ3v) is 5.39. The summed E-state index contributed by atoms with van der Waals surface area (Å²) in [5.74, 6) is 1.99. The minimum Gasteiger partial charge on any atom is -0.373 e. The topological polar surface area (TPSA) is 41.5 Å². The van der Waals surface area contributed by atoms with Gasteiger partial charge >= 0.3 is 0 Å². The third kappa shape index (κ3) is 5.22. The van der Waals surface area contributed by atoms with Gasteiger partial charge in [0.2, 0.25) is 0 Å². The molecule has 0 amide bonds. The van der Waals surface area contributed by atoms with Gasteiger partial charge in [-0.1, -0.05) is 13.8 Å². The summed E-state index contributed by atoms with van der Waals surface area (Å²) in [6.45, 7) is 15.5. The van der Waals surface area contributed by atoms with Gasteiger partial charge in [0, 0.05) is 44.5 Å². The third-order valence-electron chi connectivity index (χ3n) is 5.39. The van der Waals surface area contributed by atoms with Gasteiger partial charge in [0.15, 0.2) is 0 Å². The van der Waals surface area contributed by atoms with Crippen LogP contribution in [0, 0.1) is 0 Å². The molecule has 0 atom stereocenters. The zero-order valence-electron chi connectivity index (χ0n) is 16.3. The van der Waals surface area contributed by atoms with E-state index in [4.69, 9.17) is 4.74 Å². The van der Waals surface area contributed by atoms with Gasteiger partial charge in [0.1, 0.15) is 5.82 Å². The van der Waals surface area contributed by atoms with Crippen molar-refractivity contribution < 1.29 is 4.74 Å². The minimum atomic E-state index is 0.352. The fourth-order valence-electron chi connectivity index (χ4n) is 3.81. The van der Waals surface area contributed by atoms with Crippen molar-refractivity contribution in [3.05, 3.63) is 23.8 Å². The van der Waals surface area contributed by atoms with Crippen LogP contribution in [0.1, 0.15) is 63.8 Å². The maximum Gasteiger partial charge on any atom is 0.130 e. The second kappa shape index (κ2) is 8.56. The molecule has 0 saturated carbocycles. The van der Waals surface area contributed by atoms with E-state index in [1.807, 2.05) is 0 Å². The van der Waals surface area contributed by atoms with Crippen LogP contribution >= 0.6 is 0 Å². The number of ether oxygens (including phenoxy) is 1. The van der Waals surface area contributed by atoms with E-state index in [0.29, 0.717) is 24.0 Å². The van der Waals surface area contributed by atoms with Crippen molar-refractivity contribution in [3.63, 3.8) is 0 Å². The van der Waals surface area contributed by atoms with Gasteiger partial charge in [-0.05, 0) is 51.3 Å². The van der Waals surface area contributed by atoms with Gasteiger partial charge in [0.25, 0.3) is 0 Å². The van der Waals surface area contributed by atoms with Crippen LogP contribution in [0.25, 0.3) is 0 Å². The van der Waals surface area contributed by atoms with E-state index in [9.17, 15) is 0 Å². The molecule has 0 radical (unpaired) electrons. The summed E-state index contributed by atoms with van der Waals surface area (Å²) in [6.07, 6.45) is 7.37. The van der Waals surface area contributed by atoms with Crippen LogP contribution < -0.4 is 0 Å². The Morgan fingerprint density at radius 3 is 2.16 bits per heavy atom. The van der Waals surface area contributed by atoms with Crippen molar-refractivity contribution in [3.8, 4) is 0 Å². The molecule has 1 aromatic heterocycles. The minimum absolute atomic E-state index is 0.352. The molecule has 0 N–H and O–H groups in total. The van der Waals surface area contributed by atoms with Gasteiger partial charge in [0.05, 0.1) is 12.2 Å². The number of piperidine rings is 1. The Morgan fingerprint density at radius 1 is 1.00 bits per heavy atom. The average molecular weight is 347 g/mol. The average Bonchev–Trinajstić information content (AvgIpc) is 2.57. The molecule has 2 aliphatic heterocycles. The largest absolute Gasteiger partial charge is 0.373 e. The summed E-state index contributed by atoms with van der Waals surface area (Å²) in [7, 11) is 0. The lowest BCUT2D eigenvalue weighted by Gasteiger charge is -2.41. The van der Waals surface area contributed by atoms with Crippen molar-refractivity contribution >= 4 is 0 Å². The molecule has 0 spiro atoms. The Balaban J connectivity index is 1.35. The summed E-state index contributed by atoms with van der Waals surface area (Å²) in [6, 6.07) is 0. The van der Waals surface area contributed by atoms with Crippen LogP contribution in [0.5, 0.6) is 0 Å². The predicted octanol–water partition coefficient (Wildman–Crippen LogP) is 2.89. The maximum atomic E-state index is 5.83. The highest BCUT2D eigenvalue weighted by Gasteiger charge is 2.28. The summed E-state index contributed by atoms with van der Waals surface area (Å²) in [5.41, 5.74) is 1.32. The Bertz CT molecular complexity index is 517. The Kier molecular flexibility index (Phi) is 6.42.